The second kappa shape index (κ2) is 18.1. The van der Waals surface area contributed by atoms with Crippen LogP contribution in [0.2, 0.25) is 19.6 Å². The molecule has 0 N–H and O–H groups in total. The van der Waals surface area contributed by atoms with E-state index in [0.717, 1.165) is 16.1 Å². The lowest BCUT2D eigenvalue weighted by Gasteiger charge is -2.36. The number of halogens is 1. The van der Waals surface area contributed by atoms with Crippen LogP contribution >= 0.6 is 15.9 Å². The first kappa shape index (κ1) is 43.0. The van der Waals surface area contributed by atoms with Crippen LogP contribution in [-0.2, 0) is 18.9 Å². The van der Waals surface area contributed by atoms with Crippen LogP contribution < -0.4 is 9.80 Å². The normalized spacial score (nSPS) is 14.9. The molecule has 2 aromatic rings. The van der Waals surface area contributed by atoms with E-state index >= 15 is 0 Å². The molecule has 2 saturated heterocycles. The zero-order valence-electron chi connectivity index (χ0n) is 32.8. The monoisotopic (exact) mass is 816 g/mol. The number of anilines is 2. The number of pyridine rings is 2. The zero-order chi connectivity index (χ0) is 39.7. The van der Waals surface area contributed by atoms with Crippen molar-refractivity contribution in [1.82, 2.24) is 19.8 Å². The number of aromatic nitrogens is 2. The summed E-state index contributed by atoms with van der Waals surface area (Å²) in [5.41, 5.74) is 3.80. The molecule has 53 heavy (non-hydrogen) atoms. The lowest BCUT2D eigenvalue weighted by atomic mass is 10.1. The fourth-order valence-electron chi connectivity index (χ4n) is 5.03. The predicted octanol–water partition coefficient (Wildman–Crippen LogP) is 5.84. The van der Waals surface area contributed by atoms with E-state index in [1.165, 1.54) is 26.6 Å². The van der Waals surface area contributed by atoms with E-state index in [9.17, 15) is 19.2 Å². The van der Waals surface area contributed by atoms with Crippen molar-refractivity contribution in [2.45, 2.75) is 72.4 Å². The number of methoxy groups -OCH3 is 2. The van der Waals surface area contributed by atoms with Crippen molar-refractivity contribution in [2.75, 3.05) is 76.4 Å². The minimum Gasteiger partial charge on any atom is -0.465 e. The Morgan fingerprint density at radius 3 is 1.45 bits per heavy atom. The summed E-state index contributed by atoms with van der Waals surface area (Å²) in [6, 6.07) is 3.43. The fourth-order valence-corrected chi connectivity index (χ4v) is 6.14. The minimum atomic E-state index is -1.61. The van der Waals surface area contributed by atoms with Crippen molar-refractivity contribution in [3.8, 4) is 11.5 Å². The molecule has 14 nitrogen and oxygen atoms in total. The molecule has 2 aliphatic heterocycles. The first-order valence-electron chi connectivity index (χ1n) is 17.4. The minimum absolute atomic E-state index is 0.296. The van der Waals surface area contributed by atoms with E-state index < -0.39 is 31.2 Å². The molecule has 0 bridgehead atoms. The average molecular weight is 818 g/mol. The summed E-state index contributed by atoms with van der Waals surface area (Å²) in [5.74, 6) is 3.84. The van der Waals surface area contributed by atoms with Gasteiger partial charge in [0.15, 0.2) is 0 Å². The van der Waals surface area contributed by atoms with E-state index in [1.54, 1.807) is 21.9 Å². The molecule has 0 unspecified atom stereocenters. The summed E-state index contributed by atoms with van der Waals surface area (Å²) in [5, 5.41) is 0. The van der Waals surface area contributed by atoms with Crippen LogP contribution in [-0.4, -0.2) is 130 Å². The summed E-state index contributed by atoms with van der Waals surface area (Å²) in [7, 11) is 1.07. The third kappa shape index (κ3) is 13.5. The van der Waals surface area contributed by atoms with Crippen LogP contribution in [0.25, 0.3) is 0 Å². The number of carbonyl (C=O) groups is 4. The Morgan fingerprint density at radius 1 is 0.679 bits per heavy atom. The van der Waals surface area contributed by atoms with Crippen molar-refractivity contribution >= 4 is 59.8 Å². The molecule has 4 rings (SSSR count). The van der Waals surface area contributed by atoms with Crippen molar-refractivity contribution in [1.29, 1.82) is 0 Å². The first-order chi connectivity index (χ1) is 24.6. The number of piperazine rings is 2. The fraction of sp³-hybridized carbons (Fsp3) is 0.568. The molecule has 2 fully saturated rings. The summed E-state index contributed by atoms with van der Waals surface area (Å²) < 4.78 is 21.1. The van der Waals surface area contributed by atoms with Crippen molar-refractivity contribution < 1.29 is 38.1 Å². The average Bonchev–Trinajstić information content (AvgIpc) is 3.08. The Kier molecular flexibility index (Phi) is 14.7. The van der Waals surface area contributed by atoms with Crippen LogP contribution in [0.1, 0.15) is 67.8 Å². The molecule has 0 saturated carbocycles. The van der Waals surface area contributed by atoms with Gasteiger partial charge < -0.3 is 38.5 Å². The van der Waals surface area contributed by atoms with Gasteiger partial charge in [-0.1, -0.05) is 25.6 Å². The number of ether oxygens (including phenoxy) is 4. The molecule has 4 heterocycles. The Bertz CT molecular complexity index is 1690. The third-order valence-corrected chi connectivity index (χ3v) is 9.02. The molecular formula is C37H53BrN6O8Si. The van der Waals surface area contributed by atoms with Crippen LogP contribution in [0, 0.1) is 11.5 Å². The second-order valence-corrected chi connectivity index (χ2v) is 21.1. The molecule has 0 spiro atoms. The van der Waals surface area contributed by atoms with Gasteiger partial charge in [-0.05, 0) is 69.6 Å². The zero-order valence-corrected chi connectivity index (χ0v) is 35.4. The number of nitrogens with zero attached hydrogens (tertiary/aromatic N) is 6. The Hall–Kier alpha value is -4.36. The van der Waals surface area contributed by atoms with Gasteiger partial charge in [0.2, 0.25) is 0 Å². The smallest absolute Gasteiger partial charge is 0.410 e. The van der Waals surface area contributed by atoms with E-state index in [2.05, 4.69) is 71.5 Å². The quantitative estimate of drug-likeness (QED) is 0.158. The lowest BCUT2D eigenvalue weighted by Crippen LogP contribution is -2.50. The number of hydrogen-bond donors (Lipinski definition) is 0. The van der Waals surface area contributed by atoms with Crippen molar-refractivity contribution in [2.24, 2.45) is 0 Å². The summed E-state index contributed by atoms with van der Waals surface area (Å²) in [4.78, 5) is 64.2. The van der Waals surface area contributed by atoms with Crippen molar-refractivity contribution in [3.05, 3.63) is 45.7 Å². The Morgan fingerprint density at radius 2 is 1.08 bits per heavy atom. The molecular weight excluding hydrogens is 764 g/mol. The number of carbonyl (C=O) groups excluding carboxylic acids is 4. The summed E-state index contributed by atoms with van der Waals surface area (Å²) in [6.45, 7) is 22.3. The van der Waals surface area contributed by atoms with Gasteiger partial charge in [0.1, 0.15) is 30.9 Å². The highest BCUT2D eigenvalue weighted by atomic mass is 79.9. The predicted molar refractivity (Wildman–Crippen MR) is 209 cm³/mol. The van der Waals surface area contributed by atoms with Gasteiger partial charge in [0, 0.05) is 64.8 Å². The van der Waals surface area contributed by atoms with Crippen LogP contribution in [0.3, 0.4) is 0 Å². The number of amides is 2. The van der Waals surface area contributed by atoms with Gasteiger partial charge in [-0.3, -0.25) is 0 Å². The van der Waals surface area contributed by atoms with Crippen LogP contribution in [0.4, 0.5) is 21.2 Å². The van der Waals surface area contributed by atoms with Crippen molar-refractivity contribution in [3.63, 3.8) is 0 Å². The highest BCUT2D eigenvalue weighted by molar-refractivity contribution is 9.10. The third-order valence-electron chi connectivity index (χ3n) is 7.56. The molecule has 16 heteroatoms. The lowest BCUT2D eigenvalue weighted by molar-refractivity contribution is 0.0230. The molecule has 2 amide bonds. The molecule has 0 atom stereocenters. The van der Waals surface area contributed by atoms with Gasteiger partial charge in [-0.15, -0.1) is 5.54 Å². The highest BCUT2D eigenvalue weighted by Gasteiger charge is 2.29. The summed E-state index contributed by atoms with van der Waals surface area (Å²) >= 11 is 3.45. The van der Waals surface area contributed by atoms with E-state index in [4.69, 9.17) is 14.2 Å². The van der Waals surface area contributed by atoms with Gasteiger partial charge in [-0.2, -0.15) is 0 Å². The van der Waals surface area contributed by atoms with E-state index in [-0.39, 0.29) is 12.2 Å². The largest absolute Gasteiger partial charge is 0.465 e. The standard InChI is InChI=1S/C21H31N3O4Si.C16H22BrN3O4/c1-21(2,3)28-20(26)24-11-9-23(10-12-24)18-16(8-13-29(5,6)7)14-17(15-22-18)19(25)27-4;1-16(2,3)24-15(22)20-7-5-19(6-8-20)13-12(17)9-11(10-18-13)14(21)23-4/h14-15H,9-12H2,1-7H3;9-10H,5-8H2,1-4H3. The molecule has 0 aromatic carbocycles. The number of rotatable bonds is 4. The number of esters is 2. The molecule has 290 valence electrons. The SMILES string of the molecule is COC(=O)c1cnc(N2CCN(C(=O)OC(C)(C)C)CC2)c(Br)c1.COC(=O)c1cnc(N2CCN(C(=O)OC(C)(C)C)CC2)c(C#C[Si](C)(C)C)c1. The first-order valence-corrected chi connectivity index (χ1v) is 21.7. The van der Waals surface area contributed by atoms with Gasteiger partial charge in [0.25, 0.3) is 0 Å². The molecule has 2 aromatic heterocycles. The van der Waals surface area contributed by atoms with Crippen LogP contribution in [0.15, 0.2) is 29.0 Å². The number of hydrogen-bond acceptors (Lipinski definition) is 12. The molecule has 2 aliphatic rings. The Balaban J connectivity index is 0.000000290. The maximum absolute atomic E-state index is 12.3. The second-order valence-electron chi connectivity index (χ2n) is 15.5. The maximum atomic E-state index is 12.3. The van der Waals surface area contributed by atoms with E-state index in [1.807, 2.05) is 41.5 Å². The molecule has 0 radical (unpaired) electrons. The van der Waals surface area contributed by atoms with Gasteiger partial charge in [-0.25, -0.2) is 29.1 Å². The molecule has 0 aliphatic carbocycles. The highest BCUT2D eigenvalue weighted by Crippen LogP contribution is 2.27. The van der Waals surface area contributed by atoms with Gasteiger partial charge >= 0.3 is 24.1 Å². The van der Waals surface area contributed by atoms with Crippen LogP contribution in [0.5, 0.6) is 0 Å². The maximum Gasteiger partial charge on any atom is 0.410 e. The summed E-state index contributed by atoms with van der Waals surface area (Å²) in [6.07, 6.45) is 2.41. The topological polar surface area (TPSA) is 144 Å². The van der Waals surface area contributed by atoms with Gasteiger partial charge in [0.05, 0.1) is 35.4 Å². The Labute approximate surface area is 322 Å². The van der Waals surface area contributed by atoms with E-state index in [0.29, 0.717) is 69.0 Å².